The van der Waals surface area contributed by atoms with E-state index < -0.39 is 42.2 Å². The summed E-state index contributed by atoms with van der Waals surface area (Å²) < 4.78 is 66.0. The molecule has 4 unspecified atom stereocenters. The molecule has 4 atom stereocenters. The summed E-state index contributed by atoms with van der Waals surface area (Å²) in [7, 11) is 0. The van der Waals surface area contributed by atoms with Crippen molar-refractivity contribution >= 4 is 23.9 Å². The molecule has 16 heteroatoms. The normalized spacial score (nSPS) is 12.7. The van der Waals surface area contributed by atoms with E-state index in [4.69, 9.17) is 56.8 Å². The van der Waals surface area contributed by atoms with Crippen LogP contribution in [-0.4, -0.2) is 102 Å². The van der Waals surface area contributed by atoms with E-state index in [1.165, 1.54) is 0 Å². The van der Waals surface area contributed by atoms with Crippen LogP contribution >= 0.6 is 0 Å². The average molecular weight is 911 g/mol. The van der Waals surface area contributed by atoms with Gasteiger partial charge in [0.2, 0.25) is 0 Å². The molecule has 0 N–H and O–H groups in total. The van der Waals surface area contributed by atoms with Crippen molar-refractivity contribution in [2.75, 3.05) is 53.6 Å². The van der Waals surface area contributed by atoms with Crippen molar-refractivity contribution in [3.05, 3.63) is 156 Å². The van der Waals surface area contributed by atoms with Gasteiger partial charge in [-0.1, -0.05) is 36.4 Å². The summed E-state index contributed by atoms with van der Waals surface area (Å²) in [6.45, 7) is 6.80. The summed E-state index contributed by atoms with van der Waals surface area (Å²) >= 11 is 0. The molecule has 0 radical (unpaired) electrons. The highest BCUT2D eigenvalue weighted by Crippen LogP contribution is 2.17. The molecular weight excluding hydrogens is 857 g/mol. The van der Waals surface area contributed by atoms with Gasteiger partial charge in [-0.2, -0.15) is 0 Å². The van der Waals surface area contributed by atoms with Crippen molar-refractivity contribution in [1.29, 1.82) is 0 Å². The topological polar surface area (TPSA) is 179 Å². The molecule has 350 valence electrons. The fraction of sp³-hybridized carbons (Fsp3) is 0.320. The second-order valence-electron chi connectivity index (χ2n) is 14.6. The van der Waals surface area contributed by atoms with E-state index in [1.54, 1.807) is 125 Å². The van der Waals surface area contributed by atoms with Crippen molar-refractivity contribution in [1.82, 2.24) is 0 Å². The predicted molar refractivity (Wildman–Crippen MR) is 238 cm³/mol. The van der Waals surface area contributed by atoms with Gasteiger partial charge in [0, 0.05) is 0 Å². The fourth-order valence-electron chi connectivity index (χ4n) is 5.32. The number of rotatable bonds is 28. The first-order valence-electron chi connectivity index (χ1n) is 21.1. The smallest absolute Gasteiger partial charge is 0.338 e. The SMILES string of the molecule is CC(COC(=O)c1ccccc1)OCOc1ccc(C(=O)OCC(C)OCOc2ccc(C(=O)OCC(C)OCOc3ccc(C(=O)OCC(C)OCOc4ccccc4)cc3)cc2)cc1. The van der Waals surface area contributed by atoms with Crippen LogP contribution in [0, 0.1) is 0 Å². The summed E-state index contributed by atoms with van der Waals surface area (Å²) in [4.78, 5) is 49.7. The van der Waals surface area contributed by atoms with Crippen molar-refractivity contribution in [2.45, 2.75) is 52.1 Å². The van der Waals surface area contributed by atoms with Gasteiger partial charge in [0.25, 0.3) is 0 Å². The van der Waals surface area contributed by atoms with Crippen LogP contribution in [0.3, 0.4) is 0 Å². The summed E-state index contributed by atoms with van der Waals surface area (Å²) in [5.74, 6) is 0.0625. The lowest BCUT2D eigenvalue weighted by atomic mass is 10.2. The molecule has 5 aromatic carbocycles. The molecule has 0 spiro atoms. The molecule has 5 rings (SSSR count). The minimum Gasteiger partial charge on any atom is -0.468 e. The Morgan fingerprint density at radius 1 is 0.318 bits per heavy atom. The maximum atomic E-state index is 12.6. The van der Waals surface area contributed by atoms with Crippen LogP contribution in [0.5, 0.6) is 23.0 Å². The molecule has 0 fully saturated rings. The summed E-state index contributed by atoms with van der Waals surface area (Å²) in [6, 6.07) is 37.0. The van der Waals surface area contributed by atoms with E-state index in [-0.39, 0.29) is 59.7 Å². The zero-order valence-corrected chi connectivity index (χ0v) is 37.2. The Hall–Kier alpha value is -6.98. The van der Waals surface area contributed by atoms with Crippen molar-refractivity contribution < 1.29 is 76.0 Å². The first-order valence-corrected chi connectivity index (χ1v) is 21.1. The fourth-order valence-corrected chi connectivity index (χ4v) is 5.32. The number of para-hydroxylation sites is 1. The summed E-state index contributed by atoms with van der Waals surface area (Å²) in [6.07, 6.45) is -1.71. The molecule has 0 saturated heterocycles. The highest BCUT2D eigenvalue weighted by molar-refractivity contribution is 5.91. The molecule has 66 heavy (non-hydrogen) atoms. The third kappa shape index (κ3) is 18.3. The Morgan fingerprint density at radius 3 is 0.818 bits per heavy atom. The summed E-state index contributed by atoms with van der Waals surface area (Å²) in [5.41, 5.74) is 1.44. The van der Waals surface area contributed by atoms with Gasteiger partial charge in [-0.15, -0.1) is 0 Å². The number of hydrogen-bond donors (Lipinski definition) is 0. The maximum absolute atomic E-state index is 12.6. The van der Waals surface area contributed by atoms with Crippen LogP contribution in [0.25, 0.3) is 0 Å². The number of carbonyl (C=O) groups is 4. The molecule has 5 aromatic rings. The van der Waals surface area contributed by atoms with E-state index in [9.17, 15) is 19.2 Å². The molecule has 16 nitrogen and oxygen atoms in total. The summed E-state index contributed by atoms with van der Waals surface area (Å²) in [5, 5.41) is 0. The van der Waals surface area contributed by atoms with Crippen LogP contribution in [0.1, 0.15) is 69.1 Å². The third-order valence-electron chi connectivity index (χ3n) is 9.13. The lowest BCUT2D eigenvalue weighted by Gasteiger charge is -2.15. The van der Waals surface area contributed by atoms with Gasteiger partial charge in [-0.25, -0.2) is 19.2 Å². The van der Waals surface area contributed by atoms with Gasteiger partial charge in [-0.05, 0) is 125 Å². The van der Waals surface area contributed by atoms with Crippen molar-refractivity contribution in [2.24, 2.45) is 0 Å². The number of hydrogen-bond acceptors (Lipinski definition) is 16. The van der Waals surface area contributed by atoms with Gasteiger partial charge in [-0.3, -0.25) is 0 Å². The molecule has 0 heterocycles. The van der Waals surface area contributed by atoms with E-state index >= 15 is 0 Å². The molecule has 0 saturated carbocycles. The quantitative estimate of drug-likeness (QED) is 0.0267. The largest absolute Gasteiger partial charge is 0.468 e. The monoisotopic (exact) mass is 910 g/mol. The molecule has 0 aromatic heterocycles. The zero-order valence-electron chi connectivity index (χ0n) is 37.2. The van der Waals surface area contributed by atoms with Crippen LogP contribution in [0.4, 0.5) is 0 Å². The number of carbonyl (C=O) groups excluding carboxylic acids is 4. The third-order valence-corrected chi connectivity index (χ3v) is 9.13. The van der Waals surface area contributed by atoms with Gasteiger partial charge in [0.05, 0.1) is 46.7 Å². The number of benzene rings is 5. The minimum absolute atomic E-state index is 0.0183. The second-order valence-corrected chi connectivity index (χ2v) is 14.6. The van der Waals surface area contributed by atoms with Gasteiger partial charge < -0.3 is 56.8 Å². The van der Waals surface area contributed by atoms with Gasteiger partial charge in [0.15, 0.2) is 27.2 Å². The lowest BCUT2D eigenvalue weighted by Crippen LogP contribution is -2.21. The first kappa shape index (κ1) is 50.0. The van der Waals surface area contributed by atoms with E-state index in [1.807, 2.05) is 36.4 Å². The Bertz CT molecular complexity index is 2200. The molecular formula is C50H54O16. The van der Waals surface area contributed by atoms with Crippen LogP contribution < -0.4 is 18.9 Å². The molecule has 0 aliphatic carbocycles. The highest BCUT2D eigenvalue weighted by atomic mass is 16.7. The average Bonchev–Trinajstić information content (AvgIpc) is 3.34. The van der Waals surface area contributed by atoms with E-state index in [2.05, 4.69) is 0 Å². The Balaban J connectivity index is 0.876. The highest BCUT2D eigenvalue weighted by Gasteiger charge is 2.15. The Labute approximate surface area is 383 Å². The Kier molecular flexibility index (Phi) is 20.7. The lowest BCUT2D eigenvalue weighted by molar-refractivity contribution is -0.0548. The van der Waals surface area contributed by atoms with Crippen molar-refractivity contribution in [3.8, 4) is 23.0 Å². The minimum atomic E-state index is -0.546. The first-order chi connectivity index (χ1) is 32.0. The van der Waals surface area contributed by atoms with Crippen LogP contribution in [-0.2, 0) is 37.9 Å². The molecule has 0 amide bonds. The standard InChI is InChI=1S/C50H54O16/c1-35(27-55-47(51)39-11-7-5-8-12-39)60-32-64-44-21-17-41(18-22-44)49(53)57-29-37(3)62-34-66-46-25-19-42(20-26-46)50(54)58-30-38(4)61-33-65-45-23-15-40(16-24-45)48(52)56-28-36(2)59-31-63-43-13-9-6-10-14-43/h5-26,35-38H,27-34H2,1-4H3. The van der Waals surface area contributed by atoms with Crippen LogP contribution in [0.15, 0.2) is 133 Å². The molecule has 0 bridgehead atoms. The second kappa shape index (κ2) is 27.4. The van der Waals surface area contributed by atoms with Gasteiger partial charge in [0.1, 0.15) is 49.4 Å². The molecule has 0 aliphatic heterocycles. The number of ether oxygens (including phenoxy) is 12. The predicted octanol–water partition coefficient (Wildman–Crippen LogP) is 8.08. The zero-order chi connectivity index (χ0) is 46.9. The maximum Gasteiger partial charge on any atom is 0.338 e. The van der Waals surface area contributed by atoms with E-state index in [0.717, 1.165) is 0 Å². The van der Waals surface area contributed by atoms with E-state index in [0.29, 0.717) is 45.3 Å². The Morgan fingerprint density at radius 2 is 0.545 bits per heavy atom. The van der Waals surface area contributed by atoms with Crippen LogP contribution in [0.2, 0.25) is 0 Å². The van der Waals surface area contributed by atoms with Crippen molar-refractivity contribution in [3.63, 3.8) is 0 Å². The van der Waals surface area contributed by atoms with Gasteiger partial charge >= 0.3 is 23.9 Å². The molecule has 0 aliphatic rings. The number of esters is 4.